The minimum Gasteiger partial charge on any atom is -0.370 e. The van der Waals surface area contributed by atoms with Gasteiger partial charge in [-0.15, -0.1) is 0 Å². The van der Waals surface area contributed by atoms with Crippen LogP contribution in [-0.4, -0.2) is 50.1 Å². The van der Waals surface area contributed by atoms with E-state index < -0.39 is 0 Å². The van der Waals surface area contributed by atoms with Crippen molar-refractivity contribution in [3.63, 3.8) is 0 Å². The molecule has 2 aromatic carbocycles. The summed E-state index contributed by atoms with van der Waals surface area (Å²) in [4.78, 5) is 19.7. The molecule has 4 heteroatoms. The van der Waals surface area contributed by atoms with Crippen molar-refractivity contribution in [1.82, 2.24) is 4.90 Å². The van der Waals surface area contributed by atoms with Gasteiger partial charge < -0.3 is 14.7 Å². The van der Waals surface area contributed by atoms with Gasteiger partial charge in [-0.1, -0.05) is 19.1 Å². The van der Waals surface area contributed by atoms with Crippen LogP contribution in [0.25, 0.3) is 10.8 Å². The zero-order chi connectivity index (χ0) is 17.4. The van der Waals surface area contributed by atoms with E-state index >= 15 is 0 Å². The number of nitrogens with zero attached hydrogens (tertiary/aromatic N) is 3. The van der Waals surface area contributed by atoms with Crippen molar-refractivity contribution in [3.8, 4) is 0 Å². The second-order valence-corrected chi connectivity index (χ2v) is 7.06. The number of carbonyl (C=O) groups is 1. The Bertz CT molecular complexity index is 801. The molecule has 4 rings (SSSR count). The molecule has 1 saturated heterocycles. The number of hydrogen-bond donors (Lipinski definition) is 0. The largest absolute Gasteiger partial charge is 0.370 e. The van der Waals surface area contributed by atoms with Gasteiger partial charge in [0.25, 0.3) is 5.91 Å². The smallest absolute Gasteiger partial charge is 0.258 e. The summed E-state index contributed by atoms with van der Waals surface area (Å²) in [7, 11) is 0. The third-order valence-electron chi connectivity index (χ3n) is 5.55. The maximum absolute atomic E-state index is 12.7. The minimum absolute atomic E-state index is 0.144. The Morgan fingerprint density at radius 3 is 2.60 bits per heavy atom. The van der Waals surface area contributed by atoms with Crippen LogP contribution >= 0.6 is 0 Å². The van der Waals surface area contributed by atoms with Crippen molar-refractivity contribution in [3.05, 3.63) is 35.9 Å². The first-order valence-electron chi connectivity index (χ1n) is 9.59. The molecular weight excluding hydrogens is 310 g/mol. The molecule has 2 aromatic rings. The van der Waals surface area contributed by atoms with Crippen molar-refractivity contribution in [2.75, 3.05) is 49.1 Å². The van der Waals surface area contributed by atoms with E-state index in [0.717, 1.165) is 42.8 Å². The molecule has 2 aliphatic rings. The lowest BCUT2D eigenvalue weighted by molar-refractivity contribution is 0.0994. The third kappa shape index (κ3) is 2.69. The standard InChI is InChI=1S/C21H27N3O/c1-3-11-22-12-6-13-23(15-14-22)18-9-10-19-20-16(18)7-5-8-17(20)21(25)24(19)4-2/h5,7-10H,3-4,6,11-15H2,1-2H3. The van der Waals surface area contributed by atoms with E-state index in [1.54, 1.807) is 0 Å². The molecule has 0 unspecified atom stereocenters. The summed E-state index contributed by atoms with van der Waals surface area (Å²) >= 11 is 0. The summed E-state index contributed by atoms with van der Waals surface area (Å²) in [6, 6.07) is 10.5. The molecule has 0 radical (unpaired) electrons. The fourth-order valence-electron chi connectivity index (χ4n) is 4.37. The fourth-order valence-corrected chi connectivity index (χ4v) is 4.37. The van der Waals surface area contributed by atoms with Gasteiger partial charge in [-0.05, 0) is 51.1 Å². The van der Waals surface area contributed by atoms with Crippen LogP contribution in [0.3, 0.4) is 0 Å². The average molecular weight is 337 g/mol. The van der Waals surface area contributed by atoms with E-state index in [4.69, 9.17) is 0 Å². The van der Waals surface area contributed by atoms with Crippen LogP contribution < -0.4 is 9.80 Å². The van der Waals surface area contributed by atoms with E-state index in [0.29, 0.717) is 0 Å². The van der Waals surface area contributed by atoms with Crippen LogP contribution in [0.5, 0.6) is 0 Å². The molecule has 0 atom stereocenters. The van der Waals surface area contributed by atoms with Crippen molar-refractivity contribution >= 4 is 28.1 Å². The van der Waals surface area contributed by atoms with E-state index in [1.807, 2.05) is 24.0 Å². The molecule has 25 heavy (non-hydrogen) atoms. The molecule has 0 bridgehead atoms. The number of amides is 1. The van der Waals surface area contributed by atoms with Crippen LogP contribution in [0.2, 0.25) is 0 Å². The minimum atomic E-state index is 0.144. The molecule has 1 fully saturated rings. The average Bonchev–Trinajstić information content (AvgIpc) is 2.77. The Morgan fingerprint density at radius 1 is 0.960 bits per heavy atom. The van der Waals surface area contributed by atoms with Crippen molar-refractivity contribution in [2.24, 2.45) is 0 Å². The highest BCUT2D eigenvalue weighted by Crippen LogP contribution is 2.41. The first kappa shape index (κ1) is 16.4. The van der Waals surface area contributed by atoms with E-state index in [9.17, 15) is 4.79 Å². The summed E-state index contributed by atoms with van der Waals surface area (Å²) in [6.45, 7) is 10.7. The summed E-state index contributed by atoms with van der Waals surface area (Å²) in [6.07, 6.45) is 2.42. The Morgan fingerprint density at radius 2 is 1.80 bits per heavy atom. The first-order valence-corrected chi connectivity index (χ1v) is 9.59. The van der Waals surface area contributed by atoms with Crippen molar-refractivity contribution in [1.29, 1.82) is 0 Å². The number of carbonyl (C=O) groups excluding carboxylic acids is 1. The highest BCUT2D eigenvalue weighted by molar-refractivity contribution is 6.26. The summed E-state index contributed by atoms with van der Waals surface area (Å²) in [5.74, 6) is 0.144. The molecule has 2 heterocycles. The normalized spacial score (nSPS) is 18.2. The second-order valence-electron chi connectivity index (χ2n) is 7.06. The first-order chi connectivity index (χ1) is 12.2. The van der Waals surface area contributed by atoms with Gasteiger partial charge in [-0.3, -0.25) is 4.79 Å². The number of hydrogen-bond acceptors (Lipinski definition) is 3. The predicted octanol–water partition coefficient (Wildman–Crippen LogP) is 3.74. The lowest BCUT2D eigenvalue weighted by Gasteiger charge is -2.25. The monoisotopic (exact) mass is 337 g/mol. The van der Waals surface area contributed by atoms with Gasteiger partial charge >= 0.3 is 0 Å². The molecule has 0 saturated carbocycles. The quantitative estimate of drug-likeness (QED) is 0.850. The van der Waals surface area contributed by atoms with Crippen molar-refractivity contribution in [2.45, 2.75) is 26.7 Å². The van der Waals surface area contributed by atoms with Crippen LogP contribution in [-0.2, 0) is 0 Å². The zero-order valence-electron chi connectivity index (χ0n) is 15.3. The van der Waals surface area contributed by atoms with Gasteiger partial charge in [0.15, 0.2) is 0 Å². The molecule has 0 spiro atoms. The van der Waals surface area contributed by atoms with Gasteiger partial charge in [0, 0.05) is 48.2 Å². The van der Waals surface area contributed by atoms with Crippen molar-refractivity contribution < 1.29 is 4.79 Å². The molecular formula is C21H27N3O. The Hall–Kier alpha value is -2.07. The SMILES string of the molecule is CCCN1CCCN(c2ccc3c4c(cccc24)C(=O)N3CC)CC1. The van der Waals surface area contributed by atoms with Gasteiger partial charge in [0.1, 0.15) is 0 Å². The number of benzene rings is 2. The van der Waals surface area contributed by atoms with Gasteiger partial charge in [-0.25, -0.2) is 0 Å². The van der Waals surface area contributed by atoms with Gasteiger partial charge in [0.2, 0.25) is 0 Å². The van der Waals surface area contributed by atoms with Crippen LogP contribution in [0.15, 0.2) is 30.3 Å². The molecule has 0 aromatic heterocycles. The van der Waals surface area contributed by atoms with E-state index in [-0.39, 0.29) is 5.91 Å². The van der Waals surface area contributed by atoms with Gasteiger partial charge in [-0.2, -0.15) is 0 Å². The Kier molecular flexibility index (Phi) is 4.38. The highest BCUT2D eigenvalue weighted by Gasteiger charge is 2.30. The maximum Gasteiger partial charge on any atom is 0.258 e. The lowest BCUT2D eigenvalue weighted by atomic mass is 10.0. The predicted molar refractivity (Wildman–Crippen MR) is 105 cm³/mol. The Balaban J connectivity index is 1.73. The number of rotatable bonds is 4. The fraction of sp³-hybridized carbons (Fsp3) is 0.476. The molecule has 0 aliphatic carbocycles. The van der Waals surface area contributed by atoms with E-state index in [1.165, 1.54) is 37.0 Å². The van der Waals surface area contributed by atoms with Crippen LogP contribution in [0.4, 0.5) is 11.4 Å². The maximum atomic E-state index is 12.7. The van der Waals surface area contributed by atoms with Crippen LogP contribution in [0.1, 0.15) is 37.0 Å². The summed E-state index contributed by atoms with van der Waals surface area (Å²) in [5.41, 5.74) is 3.22. The summed E-state index contributed by atoms with van der Waals surface area (Å²) < 4.78 is 0. The molecule has 0 N–H and O–H groups in total. The van der Waals surface area contributed by atoms with Crippen LogP contribution in [0, 0.1) is 0 Å². The molecule has 4 nitrogen and oxygen atoms in total. The summed E-state index contributed by atoms with van der Waals surface area (Å²) in [5, 5.41) is 2.37. The van der Waals surface area contributed by atoms with E-state index in [2.05, 4.69) is 34.9 Å². The van der Waals surface area contributed by atoms with Gasteiger partial charge in [0.05, 0.1) is 5.69 Å². The highest BCUT2D eigenvalue weighted by atomic mass is 16.2. The lowest BCUT2D eigenvalue weighted by Crippen LogP contribution is -2.31. The Labute approximate surface area is 150 Å². The zero-order valence-corrected chi connectivity index (χ0v) is 15.3. The topological polar surface area (TPSA) is 26.8 Å². The second kappa shape index (κ2) is 6.68. The molecule has 1 amide bonds. The molecule has 132 valence electrons. The molecule has 2 aliphatic heterocycles. The number of anilines is 2. The third-order valence-corrected chi connectivity index (χ3v) is 5.55.